The number of nitrogens with zero attached hydrogens (tertiary/aromatic N) is 2. The summed E-state index contributed by atoms with van der Waals surface area (Å²) in [7, 11) is 1.85. The van der Waals surface area contributed by atoms with E-state index in [1.807, 2.05) is 13.1 Å². The van der Waals surface area contributed by atoms with E-state index >= 15 is 0 Å². The second-order valence-corrected chi connectivity index (χ2v) is 5.78. The Morgan fingerprint density at radius 1 is 1.35 bits per heavy atom. The fraction of sp³-hybridized carbons (Fsp3) is 0.562. The van der Waals surface area contributed by atoms with Gasteiger partial charge in [-0.1, -0.05) is 36.8 Å². The fourth-order valence-electron chi connectivity index (χ4n) is 2.81. The lowest BCUT2D eigenvalue weighted by atomic mass is 10.0. The molecular formula is C16H23ClN2O. The van der Waals surface area contributed by atoms with Gasteiger partial charge in [-0.2, -0.15) is 0 Å². The van der Waals surface area contributed by atoms with Crippen molar-refractivity contribution in [1.29, 1.82) is 0 Å². The summed E-state index contributed by atoms with van der Waals surface area (Å²) >= 11 is 5.63. The van der Waals surface area contributed by atoms with Crippen molar-refractivity contribution in [2.45, 2.75) is 31.8 Å². The number of alkyl halides is 1. The van der Waals surface area contributed by atoms with Crippen LogP contribution in [0.1, 0.15) is 24.8 Å². The molecule has 2 rings (SSSR count). The van der Waals surface area contributed by atoms with E-state index in [1.165, 1.54) is 18.4 Å². The first-order valence-corrected chi connectivity index (χ1v) is 7.82. The van der Waals surface area contributed by atoms with E-state index in [-0.39, 0.29) is 11.8 Å². The average Bonchev–Trinajstić information content (AvgIpc) is 2.49. The van der Waals surface area contributed by atoms with Crippen LogP contribution in [-0.4, -0.2) is 47.8 Å². The van der Waals surface area contributed by atoms with Gasteiger partial charge in [-0.05, 0) is 24.9 Å². The van der Waals surface area contributed by atoms with Crippen LogP contribution in [0.3, 0.4) is 0 Å². The summed E-state index contributed by atoms with van der Waals surface area (Å²) < 4.78 is 0. The van der Waals surface area contributed by atoms with E-state index in [2.05, 4.69) is 29.2 Å². The molecule has 0 radical (unpaired) electrons. The molecule has 0 aromatic heterocycles. The molecule has 0 aliphatic carbocycles. The molecule has 3 nitrogen and oxygen atoms in total. The first-order chi connectivity index (χ1) is 9.70. The zero-order chi connectivity index (χ0) is 14.4. The first-order valence-electron chi connectivity index (χ1n) is 7.28. The molecule has 1 aliphatic heterocycles. The van der Waals surface area contributed by atoms with Gasteiger partial charge in [0.25, 0.3) is 0 Å². The van der Waals surface area contributed by atoms with Crippen molar-refractivity contribution in [2.75, 3.05) is 26.0 Å². The molecule has 1 fully saturated rings. The number of halogens is 1. The Labute approximate surface area is 126 Å². The monoisotopic (exact) mass is 294 g/mol. The van der Waals surface area contributed by atoms with Gasteiger partial charge in [-0.15, -0.1) is 11.6 Å². The lowest BCUT2D eigenvalue weighted by molar-refractivity contribution is -0.128. The van der Waals surface area contributed by atoms with Gasteiger partial charge < -0.3 is 4.90 Å². The molecule has 1 unspecified atom stereocenters. The van der Waals surface area contributed by atoms with Crippen molar-refractivity contribution in [2.24, 2.45) is 0 Å². The molecule has 4 heteroatoms. The number of benzene rings is 1. The molecular weight excluding hydrogens is 272 g/mol. The molecule has 0 spiro atoms. The normalized spacial score (nSPS) is 19.8. The largest absolute Gasteiger partial charge is 0.343 e. The van der Waals surface area contributed by atoms with Crippen molar-refractivity contribution < 1.29 is 4.79 Å². The van der Waals surface area contributed by atoms with Crippen LogP contribution in [0.2, 0.25) is 0 Å². The van der Waals surface area contributed by atoms with Crippen molar-refractivity contribution in [3.8, 4) is 0 Å². The summed E-state index contributed by atoms with van der Waals surface area (Å²) in [5, 5.41) is 0. The number of hydrogen-bond acceptors (Lipinski definition) is 2. The highest BCUT2D eigenvalue weighted by Gasteiger charge is 2.24. The number of carbonyl (C=O) groups excluding carboxylic acids is 1. The number of amides is 1. The first kappa shape index (κ1) is 15.3. The number of piperidine rings is 1. The Bertz CT molecular complexity index is 424. The third-order valence-electron chi connectivity index (χ3n) is 4.00. The Hall–Kier alpha value is -1.06. The molecule has 110 valence electrons. The smallest absolute Gasteiger partial charge is 0.237 e. The van der Waals surface area contributed by atoms with Crippen LogP contribution >= 0.6 is 11.6 Å². The molecule has 1 atom stereocenters. The maximum absolute atomic E-state index is 11.6. The molecule has 0 N–H and O–H groups in total. The van der Waals surface area contributed by atoms with E-state index < -0.39 is 0 Å². The molecule has 1 aromatic carbocycles. The lowest BCUT2D eigenvalue weighted by Gasteiger charge is -2.37. The Morgan fingerprint density at radius 3 is 2.80 bits per heavy atom. The van der Waals surface area contributed by atoms with Crippen LogP contribution in [0.5, 0.6) is 0 Å². The Kier molecular flexibility index (Phi) is 5.86. The van der Waals surface area contributed by atoms with Crippen LogP contribution in [0.15, 0.2) is 30.3 Å². The average molecular weight is 295 g/mol. The van der Waals surface area contributed by atoms with Gasteiger partial charge in [0.05, 0.1) is 0 Å². The lowest BCUT2D eigenvalue weighted by Crippen LogP contribution is -2.47. The molecule has 1 heterocycles. The molecule has 1 aliphatic rings. The second-order valence-electron chi connectivity index (χ2n) is 5.51. The van der Waals surface area contributed by atoms with E-state index in [0.29, 0.717) is 6.04 Å². The topological polar surface area (TPSA) is 23.6 Å². The Morgan fingerprint density at radius 2 is 2.10 bits per heavy atom. The fourth-order valence-corrected chi connectivity index (χ4v) is 3.02. The molecule has 1 amide bonds. The minimum Gasteiger partial charge on any atom is -0.343 e. The van der Waals surface area contributed by atoms with Gasteiger partial charge in [-0.25, -0.2) is 0 Å². The number of hydrogen-bond donors (Lipinski definition) is 0. The summed E-state index contributed by atoms with van der Waals surface area (Å²) in [6.45, 7) is 2.86. The third-order valence-corrected chi connectivity index (χ3v) is 4.23. The summed E-state index contributed by atoms with van der Waals surface area (Å²) in [6, 6.07) is 11.0. The van der Waals surface area contributed by atoms with Gasteiger partial charge in [0, 0.05) is 26.2 Å². The number of carbonyl (C=O) groups is 1. The molecule has 0 bridgehead atoms. The zero-order valence-electron chi connectivity index (χ0n) is 12.1. The van der Waals surface area contributed by atoms with Crippen LogP contribution in [0.25, 0.3) is 0 Å². The van der Waals surface area contributed by atoms with Crippen LogP contribution in [0.4, 0.5) is 0 Å². The highest BCUT2D eigenvalue weighted by molar-refractivity contribution is 6.27. The Balaban J connectivity index is 1.96. The maximum Gasteiger partial charge on any atom is 0.237 e. The summed E-state index contributed by atoms with van der Waals surface area (Å²) in [4.78, 5) is 15.9. The van der Waals surface area contributed by atoms with Gasteiger partial charge >= 0.3 is 0 Å². The van der Waals surface area contributed by atoms with Crippen LogP contribution in [0, 0.1) is 0 Å². The predicted molar refractivity (Wildman–Crippen MR) is 82.8 cm³/mol. The van der Waals surface area contributed by atoms with Gasteiger partial charge in [0.1, 0.15) is 5.88 Å². The molecule has 0 saturated carbocycles. The van der Waals surface area contributed by atoms with E-state index in [0.717, 1.165) is 26.1 Å². The molecule has 20 heavy (non-hydrogen) atoms. The van der Waals surface area contributed by atoms with E-state index in [4.69, 9.17) is 11.6 Å². The summed E-state index contributed by atoms with van der Waals surface area (Å²) in [5.74, 6) is 0.0824. The standard InChI is InChI=1S/C16H23ClN2O/c1-18(16(20)11-17)13-15-9-5-6-10-19(15)12-14-7-3-2-4-8-14/h2-4,7-8,15H,5-6,9-13H2,1H3. The van der Waals surface area contributed by atoms with E-state index in [9.17, 15) is 4.79 Å². The minimum atomic E-state index is 0.0110. The third kappa shape index (κ3) is 4.22. The number of likely N-dealkylation sites (tertiary alicyclic amines) is 1. The van der Waals surface area contributed by atoms with E-state index in [1.54, 1.807) is 4.90 Å². The quantitative estimate of drug-likeness (QED) is 0.780. The van der Waals surface area contributed by atoms with Crippen molar-refractivity contribution >= 4 is 17.5 Å². The maximum atomic E-state index is 11.6. The highest BCUT2D eigenvalue weighted by atomic mass is 35.5. The summed E-state index contributed by atoms with van der Waals surface area (Å²) in [6.07, 6.45) is 3.65. The van der Waals surface area contributed by atoms with Gasteiger partial charge in [0.2, 0.25) is 5.91 Å². The SMILES string of the molecule is CN(CC1CCCCN1Cc1ccccc1)C(=O)CCl. The number of likely N-dealkylation sites (N-methyl/N-ethyl adjacent to an activating group) is 1. The molecule has 1 saturated heterocycles. The molecule has 1 aromatic rings. The number of rotatable bonds is 5. The van der Waals surface area contributed by atoms with Crippen LogP contribution in [-0.2, 0) is 11.3 Å². The van der Waals surface area contributed by atoms with Crippen molar-refractivity contribution in [3.63, 3.8) is 0 Å². The van der Waals surface area contributed by atoms with Crippen molar-refractivity contribution in [1.82, 2.24) is 9.80 Å². The van der Waals surface area contributed by atoms with Crippen LogP contribution < -0.4 is 0 Å². The van der Waals surface area contributed by atoms with Gasteiger partial charge in [-0.3, -0.25) is 9.69 Å². The minimum absolute atomic E-state index is 0.0110. The summed E-state index contributed by atoms with van der Waals surface area (Å²) in [5.41, 5.74) is 1.34. The highest BCUT2D eigenvalue weighted by Crippen LogP contribution is 2.20. The predicted octanol–water partition coefficient (Wildman–Crippen LogP) is 2.74. The van der Waals surface area contributed by atoms with Crippen molar-refractivity contribution in [3.05, 3.63) is 35.9 Å². The van der Waals surface area contributed by atoms with Gasteiger partial charge in [0.15, 0.2) is 0 Å². The second kappa shape index (κ2) is 7.65. The zero-order valence-corrected chi connectivity index (χ0v) is 12.9.